The maximum atomic E-state index is 13.7. The lowest BCUT2D eigenvalue weighted by Gasteiger charge is -2.18. The Balaban J connectivity index is 1.74. The first-order chi connectivity index (χ1) is 13.2. The molecule has 2 aromatic carbocycles. The number of fused-ring (bicyclic) bond motifs is 1. The summed E-state index contributed by atoms with van der Waals surface area (Å²) in [5.74, 6) is -3.83. The van der Waals surface area contributed by atoms with E-state index >= 15 is 0 Å². The maximum Gasteiger partial charge on any atom is 0.234 e. The Morgan fingerprint density at radius 2 is 2.00 bits per heavy atom. The topological polar surface area (TPSA) is 92.3 Å². The van der Waals surface area contributed by atoms with Crippen molar-refractivity contribution in [2.75, 3.05) is 22.1 Å². The number of benzene rings is 2. The largest absolute Gasteiger partial charge is 0.324 e. The van der Waals surface area contributed by atoms with Crippen LogP contribution in [0.3, 0.4) is 0 Å². The predicted octanol–water partition coefficient (Wildman–Crippen LogP) is 3.06. The number of thioether (sulfide) groups is 1. The van der Waals surface area contributed by atoms with Crippen LogP contribution in [-0.4, -0.2) is 31.7 Å². The number of halogens is 2. The van der Waals surface area contributed by atoms with Crippen molar-refractivity contribution >= 4 is 44.8 Å². The third-order valence-electron chi connectivity index (χ3n) is 4.05. The third-order valence-corrected chi connectivity index (χ3v) is 7.03. The highest BCUT2D eigenvalue weighted by atomic mass is 32.2. The van der Waals surface area contributed by atoms with Gasteiger partial charge in [-0.05, 0) is 30.3 Å². The van der Waals surface area contributed by atoms with E-state index in [2.05, 4.69) is 10.6 Å². The van der Waals surface area contributed by atoms with E-state index < -0.39 is 39.0 Å². The number of nitrogens with one attached hydrogen (secondary N) is 2. The number of hydrogen-bond donors (Lipinski definition) is 2. The highest BCUT2D eigenvalue weighted by Crippen LogP contribution is 2.33. The Morgan fingerprint density at radius 3 is 2.75 bits per heavy atom. The zero-order valence-corrected chi connectivity index (χ0v) is 16.3. The van der Waals surface area contributed by atoms with Crippen molar-refractivity contribution in [3.05, 3.63) is 48.0 Å². The summed E-state index contributed by atoms with van der Waals surface area (Å²) in [5, 5.41) is 4.81. The van der Waals surface area contributed by atoms with E-state index in [4.69, 9.17) is 0 Å². The summed E-state index contributed by atoms with van der Waals surface area (Å²) in [4.78, 5) is 24.4. The quantitative estimate of drug-likeness (QED) is 0.767. The molecule has 1 heterocycles. The average molecular weight is 426 g/mol. The van der Waals surface area contributed by atoms with Gasteiger partial charge in [-0.25, -0.2) is 17.2 Å². The fourth-order valence-electron chi connectivity index (χ4n) is 2.61. The molecule has 1 aliphatic rings. The second kappa shape index (κ2) is 7.88. The Labute approximate surface area is 164 Å². The SMILES string of the molecule is C[C@@H](CS(=O)(=O)c1ccc2c(c1)NC(=O)CS2)C(=O)Nc1cc(F)ccc1F. The van der Waals surface area contributed by atoms with Gasteiger partial charge in [0.25, 0.3) is 0 Å². The first kappa shape index (κ1) is 20.3. The molecule has 0 saturated carbocycles. The van der Waals surface area contributed by atoms with Crippen molar-refractivity contribution in [3.63, 3.8) is 0 Å². The number of sulfone groups is 1. The molecule has 2 N–H and O–H groups in total. The van der Waals surface area contributed by atoms with E-state index in [1.165, 1.54) is 30.8 Å². The normalized spacial score (nSPS) is 14.8. The zero-order chi connectivity index (χ0) is 20.5. The van der Waals surface area contributed by atoms with Gasteiger partial charge in [0, 0.05) is 16.9 Å². The lowest BCUT2D eigenvalue weighted by Crippen LogP contribution is -2.27. The average Bonchev–Trinajstić information content (AvgIpc) is 2.63. The predicted molar refractivity (Wildman–Crippen MR) is 102 cm³/mol. The van der Waals surface area contributed by atoms with E-state index in [1.807, 2.05) is 0 Å². The number of rotatable bonds is 5. The summed E-state index contributed by atoms with van der Waals surface area (Å²) >= 11 is 1.30. The first-order valence-electron chi connectivity index (χ1n) is 8.21. The van der Waals surface area contributed by atoms with Gasteiger partial charge in [0.15, 0.2) is 9.84 Å². The van der Waals surface area contributed by atoms with Crippen LogP contribution in [-0.2, 0) is 19.4 Å². The van der Waals surface area contributed by atoms with Crippen molar-refractivity contribution in [2.45, 2.75) is 16.7 Å². The summed E-state index contributed by atoms with van der Waals surface area (Å²) < 4.78 is 52.2. The van der Waals surface area contributed by atoms with Crippen LogP contribution in [0.5, 0.6) is 0 Å². The van der Waals surface area contributed by atoms with E-state index in [0.29, 0.717) is 5.69 Å². The molecule has 148 valence electrons. The van der Waals surface area contributed by atoms with Crippen LogP contribution in [0.25, 0.3) is 0 Å². The van der Waals surface area contributed by atoms with Crippen LogP contribution in [0.15, 0.2) is 46.2 Å². The van der Waals surface area contributed by atoms with Crippen molar-refractivity contribution in [3.8, 4) is 0 Å². The van der Waals surface area contributed by atoms with E-state index in [-0.39, 0.29) is 22.2 Å². The standard InChI is InChI=1S/C18H16F2N2O4S2/c1-10(18(24)22-14-6-11(19)2-4-13(14)20)9-28(25,26)12-3-5-16-15(7-12)21-17(23)8-27-16/h2-7,10H,8-9H2,1H3,(H,21,23)(H,22,24)/t10-/m0/s1. The Kier molecular flexibility index (Phi) is 5.71. The van der Waals surface area contributed by atoms with E-state index in [9.17, 15) is 26.8 Å². The maximum absolute atomic E-state index is 13.7. The van der Waals surface area contributed by atoms with Gasteiger partial charge in [-0.15, -0.1) is 11.8 Å². The van der Waals surface area contributed by atoms with Crippen LogP contribution >= 0.6 is 11.8 Å². The number of carbonyl (C=O) groups excluding carboxylic acids is 2. The molecule has 2 aromatic rings. The lowest BCUT2D eigenvalue weighted by molar-refractivity contribution is -0.118. The molecule has 28 heavy (non-hydrogen) atoms. The molecule has 1 aliphatic heterocycles. The Morgan fingerprint density at radius 1 is 1.25 bits per heavy atom. The molecule has 0 aromatic heterocycles. The molecular weight excluding hydrogens is 410 g/mol. The lowest BCUT2D eigenvalue weighted by atomic mass is 10.2. The van der Waals surface area contributed by atoms with Gasteiger partial charge in [-0.1, -0.05) is 6.92 Å². The van der Waals surface area contributed by atoms with Gasteiger partial charge in [-0.3, -0.25) is 9.59 Å². The molecule has 10 heteroatoms. The van der Waals surface area contributed by atoms with Gasteiger partial charge in [0.1, 0.15) is 11.6 Å². The minimum absolute atomic E-state index is 0.0364. The molecule has 0 aliphatic carbocycles. The number of anilines is 2. The summed E-state index contributed by atoms with van der Waals surface area (Å²) in [7, 11) is -3.86. The van der Waals surface area contributed by atoms with Gasteiger partial charge in [0.2, 0.25) is 11.8 Å². The number of carbonyl (C=O) groups is 2. The summed E-state index contributed by atoms with van der Waals surface area (Å²) in [6.45, 7) is 1.38. The number of amides is 2. The summed E-state index contributed by atoms with van der Waals surface area (Å²) in [5.41, 5.74) is 0.0454. The zero-order valence-electron chi connectivity index (χ0n) is 14.7. The van der Waals surface area contributed by atoms with E-state index in [1.54, 1.807) is 6.07 Å². The van der Waals surface area contributed by atoms with Crippen molar-refractivity contribution in [1.29, 1.82) is 0 Å². The molecule has 0 radical (unpaired) electrons. The van der Waals surface area contributed by atoms with Gasteiger partial charge in [0.05, 0.1) is 27.8 Å². The second-order valence-electron chi connectivity index (χ2n) is 6.29. The van der Waals surface area contributed by atoms with Crippen LogP contribution in [0.1, 0.15) is 6.92 Å². The smallest absolute Gasteiger partial charge is 0.234 e. The molecule has 0 saturated heterocycles. The molecule has 3 rings (SSSR count). The molecule has 1 atom stereocenters. The van der Waals surface area contributed by atoms with Crippen molar-refractivity contribution in [2.24, 2.45) is 5.92 Å². The van der Waals surface area contributed by atoms with Crippen molar-refractivity contribution < 1.29 is 26.8 Å². The van der Waals surface area contributed by atoms with Gasteiger partial charge in [-0.2, -0.15) is 0 Å². The molecule has 6 nitrogen and oxygen atoms in total. The molecule has 2 amide bonds. The minimum Gasteiger partial charge on any atom is -0.324 e. The molecule has 0 spiro atoms. The van der Waals surface area contributed by atoms with Crippen LogP contribution in [0.2, 0.25) is 0 Å². The monoisotopic (exact) mass is 426 g/mol. The highest BCUT2D eigenvalue weighted by molar-refractivity contribution is 8.00. The third kappa shape index (κ3) is 4.50. The van der Waals surface area contributed by atoms with Gasteiger partial charge < -0.3 is 10.6 Å². The molecule has 0 bridgehead atoms. The fourth-order valence-corrected chi connectivity index (χ4v) is 4.97. The minimum atomic E-state index is -3.86. The Bertz CT molecular complexity index is 1060. The van der Waals surface area contributed by atoms with Crippen molar-refractivity contribution in [1.82, 2.24) is 0 Å². The fraction of sp³-hybridized carbons (Fsp3) is 0.222. The molecule has 0 unspecified atom stereocenters. The van der Waals surface area contributed by atoms with Gasteiger partial charge >= 0.3 is 0 Å². The summed E-state index contributed by atoms with van der Waals surface area (Å²) in [6, 6.07) is 6.95. The van der Waals surface area contributed by atoms with E-state index in [0.717, 1.165) is 23.1 Å². The summed E-state index contributed by atoms with van der Waals surface area (Å²) in [6.07, 6.45) is 0. The first-order valence-corrected chi connectivity index (χ1v) is 10.8. The number of hydrogen-bond acceptors (Lipinski definition) is 5. The second-order valence-corrected chi connectivity index (χ2v) is 9.34. The highest BCUT2D eigenvalue weighted by Gasteiger charge is 2.26. The van der Waals surface area contributed by atoms with Crippen LogP contribution < -0.4 is 10.6 Å². The van der Waals surface area contributed by atoms with Crippen LogP contribution in [0.4, 0.5) is 20.2 Å². The van der Waals surface area contributed by atoms with Crippen LogP contribution in [0, 0.1) is 17.6 Å². The molecule has 0 fully saturated rings. The Hall–Kier alpha value is -2.46. The molecular formula is C18H16F2N2O4S2.